The Hall–Kier alpha value is -3.15. The topological polar surface area (TPSA) is 81.0 Å². The van der Waals surface area contributed by atoms with Crippen molar-refractivity contribution in [3.63, 3.8) is 0 Å². The molecule has 25 heavy (non-hydrogen) atoms. The molecular weight excluding hydrogens is 322 g/mol. The Morgan fingerprint density at radius 2 is 1.60 bits per heavy atom. The number of rotatable bonds is 5. The SMILES string of the molecule is COc1cc(Cc2nccc3ccc(O)c(O)c23)cc(OC)c1OC. The van der Waals surface area contributed by atoms with Gasteiger partial charge in [0.2, 0.25) is 5.75 Å². The van der Waals surface area contributed by atoms with Crippen LogP contribution in [0.3, 0.4) is 0 Å². The molecular formula is C19H19NO5. The summed E-state index contributed by atoms with van der Waals surface area (Å²) in [5.41, 5.74) is 1.51. The number of aromatic hydroxyl groups is 2. The van der Waals surface area contributed by atoms with Crippen LogP contribution in [0.25, 0.3) is 10.8 Å². The van der Waals surface area contributed by atoms with Gasteiger partial charge in [-0.25, -0.2) is 0 Å². The lowest BCUT2D eigenvalue weighted by atomic mass is 10.0. The van der Waals surface area contributed by atoms with Gasteiger partial charge in [-0.15, -0.1) is 0 Å². The first-order valence-electron chi connectivity index (χ1n) is 7.66. The van der Waals surface area contributed by atoms with Gasteiger partial charge in [-0.2, -0.15) is 0 Å². The Morgan fingerprint density at radius 1 is 0.920 bits per heavy atom. The van der Waals surface area contributed by atoms with Gasteiger partial charge in [0.1, 0.15) is 0 Å². The predicted molar refractivity (Wildman–Crippen MR) is 94.0 cm³/mol. The Morgan fingerprint density at radius 3 is 2.20 bits per heavy atom. The molecule has 0 aliphatic carbocycles. The summed E-state index contributed by atoms with van der Waals surface area (Å²) >= 11 is 0. The molecule has 0 fully saturated rings. The predicted octanol–water partition coefficient (Wildman–Crippen LogP) is 3.26. The van der Waals surface area contributed by atoms with Crippen LogP contribution in [0.5, 0.6) is 28.7 Å². The van der Waals surface area contributed by atoms with E-state index in [2.05, 4.69) is 4.98 Å². The van der Waals surface area contributed by atoms with E-state index in [1.54, 1.807) is 39.7 Å². The Kier molecular flexibility index (Phi) is 4.52. The van der Waals surface area contributed by atoms with Gasteiger partial charge in [0.25, 0.3) is 0 Å². The third-order valence-corrected chi connectivity index (χ3v) is 4.06. The summed E-state index contributed by atoms with van der Waals surface area (Å²) in [5.74, 6) is 1.26. The van der Waals surface area contributed by atoms with Crippen LogP contribution in [0.1, 0.15) is 11.3 Å². The Labute approximate surface area is 145 Å². The van der Waals surface area contributed by atoms with Crippen LogP contribution in [-0.4, -0.2) is 36.5 Å². The highest BCUT2D eigenvalue weighted by Gasteiger charge is 2.16. The number of nitrogens with zero attached hydrogens (tertiary/aromatic N) is 1. The highest BCUT2D eigenvalue weighted by atomic mass is 16.5. The number of phenols is 2. The van der Waals surface area contributed by atoms with E-state index in [0.29, 0.717) is 34.7 Å². The van der Waals surface area contributed by atoms with Crippen molar-refractivity contribution in [2.24, 2.45) is 0 Å². The second-order valence-electron chi connectivity index (χ2n) is 5.50. The van der Waals surface area contributed by atoms with E-state index in [9.17, 15) is 10.2 Å². The summed E-state index contributed by atoms with van der Waals surface area (Å²) in [5, 5.41) is 21.4. The number of hydrogen-bond donors (Lipinski definition) is 2. The summed E-state index contributed by atoms with van der Waals surface area (Å²) in [6.07, 6.45) is 2.09. The number of phenolic OH excluding ortho intramolecular Hbond substituents is 2. The van der Waals surface area contributed by atoms with E-state index in [4.69, 9.17) is 14.2 Å². The van der Waals surface area contributed by atoms with Crippen molar-refractivity contribution in [2.45, 2.75) is 6.42 Å². The fourth-order valence-electron chi connectivity index (χ4n) is 2.87. The minimum Gasteiger partial charge on any atom is -0.504 e. The average molecular weight is 341 g/mol. The van der Waals surface area contributed by atoms with Crippen molar-refractivity contribution >= 4 is 10.8 Å². The van der Waals surface area contributed by atoms with E-state index in [1.165, 1.54) is 6.07 Å². The van der Waals surface area contributed by atoms with E-state index in [0.717, 1.165) is 10.9 Å². The van der Waals surface area contributed by atoms with E-state index < -0.39 is 0 Å². The lowest BCUT2D eigenvalue weighted by Gasteiger charge is -2.14. The maximum absolute atomic E-state index is 10.2. The summed E-state index contributed by atoms with van der Waals surface area (Å²) in [7, 11) is 4.66. The minimum absolute atomic E-state index is 0.173. The van der Waals surface area contributed by atoms with Crippen LogP contribution < -0.4 is 14.2 Å². The molecule has 6 heteroatoms. The fourth-order valence-corrected chi connectivity index (χ4v) is 2.87. The standard InChI is InChI=1S/C19H19NO5/c1-23-15-9-11(10-16(24-2)19(15)25-3)8-13-17-12(6-7-20-13)4-5-14(21)18(17)22/h4-7,9-10,21-22H,8H2,1-3H3. The number of pyridine rings is 1. The summed E-state index contributed by atoms with van der Waals surface area (Å²) in [4.78, 5) is 4.37. The number of benzene rings is 2. The summed E-state index contributed by atoms with van der Waals surface area (Å²) in [6.45, 7) is 0. The first-order chi connectivity index (χ1) is 12.1. The maximum Gasteiger partial charge on any atom is 0.203 e. The lowest BCUT2D eigenvalue weighted by Crippen LogP contribution is -1.99. The second-order valence-corrected chi connectivity index (χ2v) is 5.50. The van der Waals surface area contributed by atoms with Crippen molar-refractivity contribution in [1.29, 1.82) is 0 Å². The molecule has 0 bridgehead atoms. The number of aromatic nitrogens is 1. The molecule has 0 atom stereocenters. The number of fused-ring (bicyclic) bond motifs is 1. The van der Waals surface area contributed by atoms with Crippen LogP contribution in [0.15, 0.2) is 36.5 Å². The molecule has 0 spiro atoms. The van der Waals surface area contributed by atoms with Crippen LogP contribution in [0.4, 0.5) is 0 Å². The normalized spacial score (nSPS) is 10.7. The molecule has 0 saturated carbocycles. The molecule has 0 saturated heterocycles. The molecule has 130 valence electrons. The second kappa shape index (κ2) is 6.76. The average Bonchev–Trinajstić information content (AvgIpc) is 2.64. The number of ether oxygens (including phenoxy) is 3. The van der Waals surface area contributed by atoms with Crippen LogP contribution in [-0.2, 0) is 6.42 Å². The number of hydrogen-bond acceptors (Lipinski definition) is 6. The van der Waals surface area contributed by atoms with Gasteiger partial charge in [-0.05, 0) is 35.2 Å². The van der Waals surface area contributed by atoms with Gasteiger partial charge >= 0.3 is 0 Å². The number of methoxy groups -OCH3 is 3. The largest absolute Gasteiger partial charge is 0.504 e. The molecule has 3 aromatic rings. The molecule has 0 radical (unpaired) electrons. The van der Waals surface area contributed by atoms with Crippen LogP contribution >= 0.6 is 0 Å². The van der Waals surface area contributed by atoms with Crippen molar-refractivity contribution in [3.8, 4) is 28.7 Å². The summed E-state index contributed by atoms with van der Waals surface area (Å²) < 4.78 is 16.1. The Balaban J connectivity index is 2.12. The van der Waals surface area contributed by atoms with E-state index in [1.807, 2.05) is 12.1 Å². The summed E-state index contributed by atoms with van der Waals surface area (Å²) in [6, 6.07) is 8.66. The first-order valence-corrected chi connectivity index (χ1v) is 7.66. The van der Waals surface area contributed by atoms with Crippen molar-refractivity contribution in [3.05, 3.63) is 47.8 Å². The van der Waals surface area contributed by atoms with Gasteiger partial charge in [-0.3, -0.25) is 4.98 Å². The van der Waals surface area contributed by atoms with Crippen molar-refractivity contribution in [2.75, 3.05) is 21.3 Å². The highest BCUT2D eigenvalue weighted by Crippen LogP contribution is 2.40. The molecule has 0 aliphatic rings. The Bertz CT molecular complexity index is 898. The zero-order valence-corrected chi connectivity index (χ0v) is 14.2. The van der Waals surface area contributed by atoms with Gasteiger partial charge in [-0.1, -0.05) is 6.07 Å². The quantitative estimate of drug-likeness (QED) is 0.693. The highest BCUT2D eigenvalue weighted by molar-refractivity contribution is 5.92. The maximum atomic E-state index is 10.2. The molecule has 3 rings (SSSR count). The minimum atomic E-state index is -0.174. The van der Waals surface area contributed by atoms with Gasteiger partial charge < -0.3 is 24.4 Å². The van der Waals surface area contributed by atoms with Crippen molar-refractivity contribution < 1.29 is 24.4 Å². The van der Waals surface area contributed by atoms with Crippen LogP contribution in [0.2, 0.25) is 0 Å². The third kappa shape index (κ3) is 2.98. The monoisotopic (exact) mass is 341 g/mol. The molecule has 1 heterocycles. The van der Waals surface area contributed by atoms with Gasteiger partial charge in [0.15, 0.2) is 23.0 Å². The zero-order chi connectivity index (χ0) is 18.0. The molecule has 2 aromatic carbocycles. The van der Waals surface area contributed by atoms with E-state index >= 15 is 0 Å². The van der Waals surface area contributed by atoms with Gasteiger partial charge in [0.05, 0.1) is 27.0 Å². The first kappa shape index (κ1) is 16.7. The molecule has 0 unspecified atom stereocenters. The zero-order valence-electron chi connectivity index (χ0n) is 14.2. The van der Waals surface area contributed by atoms with Gasteiger partial charge in [0, 0.05) is 18.0 Å². The molecule has 6 nitrogen and oxygen atoms in total. The molecule has 2 N–H and O–H groups in total. The van der Waals surface area contributed by atoms with E-state index in [-0.39, 0.29) is 11.5 Å². The van der Waals surface area contributed by atoms with Crippen molar-refractivity contribution in [1.82, 2.24) is 4.98 Å². The molecule has 0 aliphatic heterocycles. The smallest absolute Gasteiger partial charge is 0.203 e. The molecule has 1 aromatic heterocycles. The fraction of sp³-hybridized carbons (Fsp3) is 0.211. The third-order valence-electron chi connectivity index (χ3n) is 4.06. The molecule has 0 amide bonds. The van der Waals surface area contributed by atoms with Crippen LogP contribution in [0, 0.1) is 0 Å². The lowest BCUT2D eigenvalue weighted by molar-refractivity contribution is 0.324.